The van der Waals surface area contributed by atoms with Crippen LogP contribution in [0.3, 0.4) is 0 Å². The van der Waals surface area contributed by atoms with Gasteiger partial charge < -0.3 is 15.3 Å². The molecule has 51 heavy (non-hydrogen) atoms. The minimum Gasteiger partial charge on any atom is -0.382 e. The molecule has 2 amide bonds. The molecule has 274 valence electrons. The van der Waals surface area contributed by atoms with E-state index in [-0.39, 0.29) is 58.1 Å². The molecule has 4 aromatic rings. The van der Waals surface area contributed by atoms with E-state index in [4.69, 9.17) is 11.6 Å². The number of benzene rings is 1. The van der Waals surface area contributed by atoms with Crippen LogP contribution in [0.25, 0.3) is 17.1 Å². The molecule has 0 aliphatic carbocycles. The molecule has 15 nitrogen and oxygen atoms in total. The van der Waals surface area contributed by atoms with E-state index >= 15 is 0 Å². The zero-order valence-corrected chi connectivity index (χ0v) is 27.5. The minimum absolute atomic E-state index is 0.149. The summed E-state index contributed by atoms with van der Waals surface area (Å²) in [5, 5.41) is 20.5. The lowest BCUT2D eigenvalue weighted by Gasteiger charge is -2.26. The standard InChI is InChI=1S/C28H26ClF6N9O6S/c29-17-3-1-16(2-4-17)22-40-43(26(48)42(22)14-20(45)28(33,34)35)15-21-38-23(25(47)41-9-11-51(49,50)12-10-41)44(39-21)19-13-36-7-5-18(19)24(46)37-8-6-27(30,31)32/h1-5,7,13,20,45H,6,8-12,14-15H2,(H,37,46). The van der Waals surface area contributed by atoms with E-state index in [2.05, 4.69) is 25.5 Å². The fourth-order valence-electron chi connectivity index (χ4n) is 4.88. The van der Waals surface area contributed by atoms with Crippen molar-refractivity contribution >= 4 is 33.3 Å². The lowest BCUT2D eigenvalue weighted by atomic mass is 10.2. The van der Waals surface area contributed by atoms with Crippen LogP contribution in [0, 0.1) is 0 Å². The van der Waals surface area contributed by atoms with E-state index in [1.54, 1.807) is 0 Å². The third-order valence-corrected chi connectivity index (χ3v) is 9.35. The van der Waals surface area contributed by atoms with Crippen molar-refractivity contribution in [3.8, 4) is 17.1 Å². The van der Waals surface area contributed by atoms with E-state index in [0.29, 0.717) is 9.25 Å². The van der Waals surface area contributed by atoms with Gasteiger partial charge in [0.2, 0.25) is 5.82 Å². The van der Waals surface area contributed by atoms with Gasteiger partial charge in [-0.15, -0.1) is 10.2 Å². The molecule has 0 radical (unpaired) electrons. The van der Waals surface area contributed by atoms with Crippen LogP contribution in [0.1, 0.15) is 33.2 Å². The molecular weight excluding hydrogens is 740 g/mol. The number of aromatic nitrogens is 7. The Kier molecular flexibility index (Phi) is 10.6. The average Bonchev–Trinajstić information content (AvgIpc) is 3.61. The van der Waals surface area contributed by atoms with Crippen molar-refractivity contribution in [2.24, 2.45) is 0 Å². The van der Waals surface area contributed by atoms with Gasteiger partial charge >= 0.3 is 18.0 Å². The molecule has 0 bridgehead atoms. The SMILES string of the molecule is O=C(NCCC(F)(F)F)c1ccncc1-n1nc(Cn2nc(-c3ccc(Cl)cc3)n(CC(O)C(F)(F)F)c2=O)nc1C(=O)N1CCS(=O)(=O)CC1. The molecule has 4 heterocycles. The second-order valence-corrected chi connectivity index (χ2v) is 13.9. The lowest BCUT2D eigenvalue weighted by Crippen LogP contribution is -2.44. The summed E-state index contributed by atoms with van der Waals surface area (Å²) in [5.41, 5.74) is -1.51. The Bertz CT molecular complexity index is 2080. The number of pyridine rings is 1. The first-order valence-electron chi connectivity index (χ1n) is 14.8. The molecule has 0 saturated carbocycles. The van der Waals surface area contributed by atoms with Gasteiger partial charge in [0.25, 0.3) is 11.8 Å². The third-order valence-electron chi connectivity index (χ3n) is 7.49. The highest BCUT2D eigenvalue weighted by atomic mass is 35.5. The van der Waals surface area contributed by atoms with Crippen LogP contribution in [-0.4, -0.2) is 114 Å². The van der Waals surface area contributed by atoms with Crippen LogP contribution in [0.5, 0.6) is 0 Å². The molecule has 1 unspecified atom stereocenters. The van der Waals surface area contributed by atoms with Crippen molar-refractivity contribution in [3.05, 3.63) is 75.4 Å². The molecule has 1 atom stereocenters. The average molecular weight is 766 g/mol. The fraction of sp³-hybridized carbons (Fsp3) is 0.393. The molecule has 23 heteroatoms. The number of amides is 2. The highest BCUT2D eigenvalue weighted by molar-refractivity contribution is 7.91. The normalized spacial score (nSPS) is 15.5. The molecule has 1 aliphatic rings. The van der Waals surface area contributed by atoms with Crippen LogP contribution in [-0.2, 0) is 22.9 Å². The van der Waals surface area contributed by atoms with Gasteiger partial charge in [0.1, 0.15) is 6.54 Å². The molecule has 1 aliphatic heterocycles. The number of carbonyl (C=O) groups excluding carboxylic acids is 2. The summed E-state index contributed by atoms with van der Waals surface area (Å²) in [6, 6.07) is 6.66. The number of aliphatic hydroxyl groups excluding tert-OH is 1. The van der Waals surface area contributed by atoms with E-state index in [1.807, 2.05) is 0 Å². The molecule has 1 saturated heterocycles. The number of nitrogens with zero attached hydrogens (tertiary/aromatic N) is 8. The van der Waals surface area contributed by atoms with Crippen molar-refractivity contribution in [1.82, 2.24) is 44.3 Å². The predicted octanol–water partition coefficient (Wildman–Crippen LogP) is 1.87. The van der Waals surface area contributed by atoms with Gasteiger partial charge in [-0.2, -0.15) is 26.3 Å². The number of nitrogens with one attached hydrogen (secondary N) is 1. The Labute approximate surface area is 288 Å². The topological polar surface area (TPSA) is 187 Å². The summed E-state index contributed by atoms with van der Waals surface area (Å²) in [6.07, 6.45) is -11.8. The first kappa shape index (κ1) is 37.4. The van der Waals surface area contributed by atoms with Crippen LogP contribution in [0.4, 0.5) is 26.3 Å². The Hall–Kier alpha value is -4.83. The van der Waals surface area contributed by atoms with Gasteiger partial charge in [-0.25, -0.2) is 27.6 Å². The third kappa shape index (κ3) is 8.92. The maximum Gasteiger partial charge on any atom is 0.416 e. The van der Waals surface area contributed by atoms with Crippen molar-refractivity contribution in [3.63, 3.8) is 0 Å². The summed E-state index contributed by atoms with van der Waals surface area (Å²) in [4.78, 5) is 49.4. The zero-order chi connectivity index (χ0) is 37.3. The van der Waals surface area contributed by atoms with Crippen LogP contribution >= 0.6 is 11.6 Å². The first-order valence-corrected chi connectivity index (χ1v) is 17.0. The minimum atomic E-state index is -5.09. The first-order chi connectivity index (χ1) is 23.8. The van der Waals surface area contributed by atoms with Crippen LogP contribution in [0.2, 0.25) is 5.02 Å². The van der Waals surface area contributed by atoms with Crippen molar-refractivity contribution < 1.29 is 49.5 Å². The van der Waals surface area contributed by atoms with E-state index in [1.165, 1.54) is 24.3 Å². The summed E-state index contributed by atoms with van der Waals surface area (Å²) >= 11 is 5.93. The monoisotopic (exact) mass is 765 g/mol. The van der Waals surface area contributed by atoms with Gasteiger partial charge in [0, 0.05) is 36.4 Å². The number of aliphatic hydroxyl groups is 1. The van der Waals surface area contributed by atoms with Gasteiger partial charge in [-0.3, -0.25) is 19.1 Å². The van der Waals surface area contributed by atoms with Crippen LogP contribution < -0.4 is 11.0 Å². The largest absolute Gasteiger partial charge is 0.416 e. The summed E-state index contributed by atoms with van der Waals surface area (Å²) < 4.78 is 104. The molecular formula is C28H26ClF6N9O6S. The predicted molar refractivity (Wildman–Crippen MR) is 165 cm³/mol. The highest BCUT2D eigenvalue weighted by Gasteiger charge is 2.39. The number of hydrogen-bond donors (Lipinski definition) is 2. The number of alkyl halides is 6. The summed E-state index contributed by atoms with van der Waals surface area (Å²) in [6.45, 7) is -3.19. The number of rotatable bonds is 10. The lowest BCUT2D eigenvalue weighted by molar-refractivity contribution is -0.207. The Morgan fingerprint density at radius 2 is 1.69 bits per heavy atom. The van der Waals surface area contributed by atoms with Crippen molar-refractivity contribution in [2.45, 2.75) is 38.0 Å². The number of sulfone groups is 1. The molecule has 1 fully saturated rings. The van der Waals surface area contributed by atoms with E-state index in [9.17, 15) is 54.3 Å². The second-order valence-electron chi connectivity index (χ2n) is 11.2. The molecule has 1 aromatic carbocycles. The second kappa shape index (κ2) is 14.4. The van der Waals surface area contributed by atoms with Gasteiger partial charge in [-0.05, 0) is 30.3 Å². The highest BCUT2D eigenvalue weighted by Crippen LogP contribution is 2.25. The fourth-order valence-corrected chi connectivity index (χ4v) is 6.20. The van der Waals surface area contributed by atoms with Crippen LogP contribution in [0.15, 0.2) is 47.5 Å². The Balaban J connectivity index is 1.57. The van der Waals surface area contributed by atoms with Crippen molar-refractivity contribution in [1.29, 1.82) is 0 Å². The van der Waals surface area contributed by atoms with Gasteiger partial charge in [0.15, 0.2) is 27.6 Å². The zero-order valence-electron chi connectivity index (χ0n) is 25.9. The summed E-state index contributed by atoms with van der Waals surface area (Å²) in [5.74, 6) is -3.77. The van der Waals surface area contributed by atoms with E-state index in [0.717, 1.165) is 28.0 Å². The molecule has 2 N–H and O–H groups in total. The summed E-state index contributed by atoms with van der Waals surface area (Å²) in [7, 11) is -3.44. The smallest absolute Gasteiger partial charge is 0.382 e. The Morgan fingerprint density at radius 1 is 1.02 bits per heavy atom. The van der Waals surface area contributed by atoms with Gasteiger partial charge in [-0.1, -0.05) is 11.6 Å². The molecule has 3 aromatic heterocycles. The maximum absolute atomic E-state index is 13.7. The van der Waals surface area contributed by atoms with E-state index < -0.39 is 77.7 Å². The molecule has 0 spiro atoms. The number of carbonyl (C=O) groups is 2. The molecule has 5 rings (SSSR count). The number of halogens is 7. The van der Waals surface area contributed by atoms with Crippen molar-refractivity contribution in [2.75, 3.05) is 31.1 Å². The Morgan fingerprint density at radius 3 is 2.31 bits per heavy atom. The van der Waals surface area contributed by atoms with Gasteiger partial charge in [0.05, 0.1) is 41.9 Å². The maximum atomic E-state index is 13.7. The quantitative estimate of drug-likeness (QED) is 0.226. The number of hydrogen-bond acceptors (Lipinski definition) is 10.